The molecule has 0 radical (unpaired) electrons. The summed E-state index contributed by atoms with van der Waals surface area (Å²) in [6.45, 7) is 7.37. The standard InChI is InChI=1S/C68H110N4O18S/c1-47(28-19-15-11-10-12-16-20-29-48(2)67(84)85)65(83)50(4)61(81)37-21-17-13-8-6-5-7-9-14-18-22-38-63(90-91(86,87)88)49(3)60(72-51-30-23-24-31-51)44-57(78)41-53(74)33-26-34-54(75)42-58(79)45-62(82)66-64(89-66)46-59(80)43-55(76)35-25-32-52(73)40-56(77)36-27-39-71-68(69)70/h5-10,12-14,16-22,25-26,28-29,33,35,37,47,49-66,72-83H,11,15,23-24,27,30-32,34,36,38-46H2,1-4H3,(H,84,85)(H4,69,70,71)(H,86,87,88). The summed E-state index contributed by atoms with van der Waals surface area (Å²) in [6.07, 6.45) is 33.8. The van der Waals surface area contributed by atoms with E-state index < -0.39 is 120 Å². The van der Waals surface area contributed by atoms with E-state index in [1.54, 1.807) is 98.9 Å². The lowest BCUT2D eigenvalue weighted by molar-refractivity contribution is -0.132. The van der Waals surface area contributed by atoms with Gasteiger partial charge >= 0.3 is 16.4 Å². The monoisotopic (exact) mass is 1300 g/mol. The fraction of sp³-hybridized carbons (Fsp3) is 0.618. The lowest BCUT2D eigenvalue weighted by Crippen LogP contribution is -2.47. The number of nitrogens with zero attached hydrogens (tertiary/aromatic N) is 1. The van der Waals surface area contributed by atoms with Gasteiger partial charge < -0.3 is 82.8 Å². The highest BCUT2D eigenvalue weighted by Gasteiger charge is 2.45. The maximum Gasteiger partial charge on any atom is 0.397 e. The van der Waals surface area contributed by atoms with Gasteiger partial charge in [-0.15, -0.1) is 0 Å². The predicted molar refractivity (Wildman–Crippen MR) is 355 cm³/mol. The maximum absolute atomic E-state index is 12.1. The summed E-state index contributed by atoms with van der Waals surface area (Å²) in [5.41, 5.74) is 10.8. The van der Waals surface area contributed by atoms with Gasteiger partial charge in [0.05, 0.1) is 79.4 Å². The minimum Gasteiger partial charge on any atom is -0.478 e. The van der Waals surface area contributed by atoms with E-state index in [4.69, 9.17) is 25.5 Å². The largest absolute Gasteiger partial charge is 0.478 e. The number of aliphatic hydroxyl groups excluding tert-OH is 11. The van der Waals surface area contributed by atoms with E-state index in [1.807, 2.05) is 37.3 Å². The second-order valence-corrected chi connectivity index (χ2v) is 25.2. The number of guanidine groups is 1. The number of nitrogens with two attached hydrogens (primary N) is 2. The van der Waals surface area contributed by atoms with Crippen molar-refractivity contribution in [1.29, 1.82) is 0 Å². The van der Waals surface area contributed by atoms with Crippen LogP contribution in [0.3, 0.4) is 0 Å². The van der Waals surface area contributed by atoms with Crippen molar-refractivity contribution in [2.45, 2.75) is 241 Å². The smallest absolute Gasteiger partial charge is 0.397 e. The van der Waals surface area contributed by atoms with Gasteiger partial charge in [0.25, 0.3) is 0 Å². The Bertz CT molecular complexity index is 2540. The molecule has 18 atom stereocenters. The lowest BCUT2D eigenvalue weighted by atomic mass is 9.88. The van der Waals surface area contributed by atoms with Crippen molar-refractivity contribution < 1.29 is 88.0 Å². The topological polar surface area (TPSA) is 412 Å². The first-order valence-corrected chi connectivity index (χ1v) is 33.4. The molecule has 1 saturated carbocycles. The van der Waals surface area contributed by atoms with E-state index in [-0.39, 0.29) is 87.7 Å². The minimum atomic E-state index is -4.86. The SMILES string of the molecule is CC(=CC=CC=CCCC=CC(C)C(O)C(C)C(O)C=CC=CC=CC=CC=CC=CCC(OS(=O)(=O)O)C(C)C(CC(O)CC(O)C=CCC(O)CC(O)CC(O)C1OC1CC(O)CC(O)C=CCC(O)CC(O)CCCN=C(N)N)NC1CCCC1)C(=O)O. The zero-order valence-electron chi connectivity index (χ0n) is 53.5. The van der Waals surface area contributed by atoms with Crippen LogP contribution in [0.5, 0.6) is 0 Å². The third-order valence-electron chi connectivity index (χ3n) is 15.9. The highest BCUT2D eigenvalue weighted by molar-refractivity contribution is 7.80. The summed E-state index contributed by atoms with van der Waals surface area (Å²) in [5.74, 6) is -2.11. The molecular formula is C68H110N4O18S. The van der Waals surface area contributed by atoms with Gasteiger partial charge in [0.15, 0.2) is 5.96 Å². The summed E-state index contributed by atoms with van der Waals surface area (Å²) in [7, 11) is -4.86. The Balaban J connectivity index is 1.81. The second-order valence-electron chi connectivity index (χ2n) is 24.1. The molecule has 1 aliphatic heterocycles. The van der Waals surface area contributed by atoms with Crippen molar-refractivity contribution >= 4 is 22.3 Å². The third kappa shape index (κ3) is 40.6. The van der Waals surface area contributed by atoms with Gasteiger partial charge in [0.1, 0.15) is 6.10 Å². The number of carboxylic acid groups (broad SMARTS) is 1. The summed E-state index contributed by atoms with van der Waals surface area (Å²) in [6, 6.07) is -0.361. The van der Waals surface area contributed by atoms with Gasteiger partial charge in [-0.05, 0) is 89.9 Å². The number of carbonyl (C=O) groups is 1. The number of hydrogen-bond acceptors (Lipinski definition) is 18. The Hall–Kier alpha value is -5.03. The van der Waals surface area contributed by atoms with Gasteiger partial charge in [0.2, 0.25) is 0 Å². The number of carboxylic acids is 1. The minimum absolute atomic E-state index is 0.0165. The average molecular weight is 1300 g/mol. The molecule has 0 aromatic carbocycles. The number of unbranched alkanes of at least 4 members (excludes halogenated alkanes) is 1. The molecule has 0 aromatic heterocycles. The van der Waals surface area contributed by atoms with Crippen LogP contribution >= 0.6 is 0 Å². The molecule has 1 saturated heterocycles. The van der Waals surface area contributed by atoms with Crippen LogP contribution < -0.4 is 16.8 Å². The first-order valence-electron chi connectivity index (χ1n) is 32.0. The number of hydrogen-bond donors (Lipinski definition) is 16. The number of allylic oxidation sites excluding steroid dienone is 16. The Morgan fingerprint density at radius 3 is 1.75 bits per heavy atom. The molecule has 2 fully saturated rings. The molecule has 0 bridgehead atoms. The molecule has 2 aliphatic rings. The van der Waals surface area contributed by atoms with Crippen molar-refractivity contribution in [1.82, 2.24) is 5.32 Å². The number of nitrogens with one attached hydrogen (secondary N) is 1. The number of epoxide rings is 1. The van der Waals surface area contributed by atoms with Crippen LogP contribution in [-0.4, -0.2) is 190 Å². The molecule has 18 unspecified atom stereocenters. The molecule has 2 rings (SSSR count). The van der Waals surface area contributed by atoms with Crippen LogP contribution in [0.4, 0.5) is 0 Å². The number of aliphatic hydroxyl groups is 11. The van der Waals surface area contributed by atoms with Crippen molar-refractivity contribution in [2.24, 2.45) is 34.2 Å². The third-order valence-corrected chi connectivity index (χ3v) is 16.4. The molecule has 18 N–H and O–H groups in total. The molecule has 91 heavy (non-hydrogen) atoms. The molecule has 1 aliphatic carbocycles. The number of rotatable bonds is 49. The molecule has 1 heterocycles. The molecular weight excluding hydrogens is 1190 g/mol. The summed E-state index contributed by atoms with van der Waals surface area (Å²) < 4.78 is 44.7. The Labute approximate surface area is 540 Å². The fourth-order valence-electron chi connectivity index (χ4n) is 10.5. The van der Waals surface area contributed by atoms with Gasteiger partial charge in [-0.1, -0.05) is 173 Å². The van der Waals surface area contributed by atoms with E-state index in [0.717, 1.165) is 38.5 Å². The summed E-state index contributed by atoms with van der Waals surface area (Å²) in [4.78, 5) is 14.7. The summed E-state index contributed by atoms with van der Waals surface area (Å²) in [5, 5.41) is 129. The van der Waals surface area contributed by atoms with Gasteiger partial charge in [-0.3, -0.25) is 9.55 Å². The average Bonchev–Trinajstić information content (AvgIpc) is 1.79. The van der Waals surface area contributed by atoms with Crippen LogP contribution in [0, 0.1) is 17.8 Å². The van der Waals surface area contributed by atoms with E-state index in [1.165, 1.54) is 31.2 Å². The van der Waals surface area contributed by atoms with E-state index in [9.17, 15) is 73.9 Å². The Morgan fingerprint density at radius 2 is 1.15 bits per heavy atom. The highest BCUT2D eigenvalue weighted by Crippen LogP contribution is 2.33. The van der Waals surface area contributed by atoms with Crippen LogP contribution in [0.1, 0.15) is 143 Å². The van der Waals surface area contributed by atoms with Crippen molar-refractivity contribution in [2.75, 3.05) is 6.54 Å². The molecule has 0 amide bonds. The van der Waals surface area contributed by atoms with Gasteiger partial charge in [-0.2, -0.15) is 8.42 Å². The van der Waals surface area contributed by atoms with E-state index in [2.05, 4.69) is 10.3 Å². The van der Waals surface area contributed by atoms with Crippen molar-refractivity contribution in [3.63, 3.8) is 0 Å². The second kappa shape index (κ2) is 46.9. The van der Waals surface area contributed by atoms with E-state index in [0.29, 0.717) is 19.4 Å². The van der Waals surface area contributed by atoms with Crippen LogP contribution in [0.25, 0.3) is 0 Å². The predicted octanol–water partition coefficient (Wildman–Crippen LogP) is 5.60. The molecule has 22 nitrogen and oxygen atoms in total. The fourth-order valence-corrected chi connectivity index (χ4v) is 11.0. The number of ether oxygens (including phenoxy) is 1. The van der Waals surface area contributed by atoms with Gasteiger partial charge in [-0.25, -0.2) is 8.98 Å². The Morgan fingerprint density at radius 1 is 0.615 bits per heavy atom. The van der Waals surface area contributed by atoms with Crippen molar-refractivity contribution in [3.8, 4) is 0 Å². The van der Waals surface area contributed by atoms with Crippen LogP contribution in [0.2, 0.25) is 0 Å². The first-order chi connectivity index (χ1) is 43.1. The quantitative estimate of drug-likeness (QED) is 0.00515. The molecule has 0 aromatic rings. The van der Waals surface area contributed by atoms with E-state index >= 15 is 0 Å². The first kappa shape index (κ1) is 82.1. The summed E-state index contributed by atoms with van der Waals surface area (Å²) >= 11 is 0. The van der Waals surface area contributed by atoms with Gasteiger partial charge in [0, 0.05) is 61.7 Å². The zero-order valence-corrected chi connectivity index (χ0v) is 54.4. The number of aliphatic imine (C=N–C) groups is 1. The zero-order chi connectivity index (χ0) is 67.7. The molecule has 516 valence electrons. The molecule has 0 spiro atoms. The van der Waals surface area contributed by atoms with Crippen molar-refractivity contribution in [3.05, 3.63) is 145 Å². The number of aliphatic carboxylic acids is 1. The normalized spacial score (nSPS) is 22.1. The maximum atomic E-state index is 12.1. The van der Waals surface area contributed by atoms with Crippen LogP contribution in [0.15, 0.2) is 150 Å². The highest BCUT2D eigenvalue weighted by atomic mass is 32.3. The van der Waals surface area contributed by atoms with Crippen LogP contribution in [-0.2, 0) is 24.1 Å². The molecule has 23 heteroatoms. The Kier molecular flexibility index (Phi) is 42.3. The lowest BCUT2D eigenvalue weighted by Gasteiger charge is -2.34.